The second-order valence-corrected chi connectivity index (χ2v) is 5.04. The number of nitrogens with zero attached hydrogens (tertiary/aromatic N) is 2. The van der Waals surface area contributed by atoms with Gasteiger partial charge in [-0.3, -0.25) is 0 Å². The minimum absolute atomic E-state index is 0.0371. The summed E-state index contributed by atoms with van der Waals surface area (Å²) in [4.78, 5) is 19.3. The number of benzene rings is 1. The van der Waals surface area contributed by atoms with Crippen molar-refractivity contribution in [3.8, 4) is 0 Å². The van der Waals surface area contributed by atoms with E-state index in [-0.39, 0.29) is 17.3 Å². The quantitative estimate of drug-likeness (QED) is 0.870. The molecule has 0 radical (unpaired) electrons. The van der Waals surface area contributed by atoms with Crippen LogP contribution in [0.25, 0.3) is 0 Å². The summed E-state index contributed by atoms with van der Waals surface area (Å²) in [5.74, 6) is -0.207. The highest BCUT2D eigenvalue weighted by Crippen LogP contribution is 2.31. The molecule has 1 aromatic heterocycles. The van der Waals surface area contributed by atoms with Gasteiger partial charge in [-0.25, -0.2) is 14.8 Å². The Hall–Kier alpha value is -2.43. The Bertz CT molecular complexity index is 670. The van der Waals surface area contributed by atoms with Gasteiger partial charge in [0, 0.05) is 12.1 Å². The van der Waals surface area contributed by atoms with Gasteiger partial charge in [0.15, 0.2) is 0 Å². The number of rotatable bonds is 2. The lowest BCUT2D eigenvalue weighted by atomic mass is 9.83. The van der Waals surface area contributed by atoms with Gasteiger partial charge in [0.1, 0.15) is 17.2 Å². The van der Waals surface area contributed by atoms with Crippen LogP contribution < -0.4 is 5.73 Å². The van der Waals surface area contributed by atoms with E-state index >= 15 is 0 Å². The fraction of sp³-hybridized carbons (Fsp3) is 0.267. The Morgan fingerprint density at radius 3 is 2.75 bits per heavy atom. The minimum atomic E-state index is -1.09. The smallest absolute Gasteiger partial charge is 0.341 e. The number of carbonyl (C=O) groups is 1. The molecule has 1 aromatic carbocycles. The van der Waals surface area contributed by atoms with Crippen LogP contribution in [0.1, 0.15) is 39.6 Å². The third-order valence-corrected chi connectivity index (χ3v) is 3.78. The number of hydrogen-bond donors (Lipinski definition) is 2. The van der Waals surface area contributed by atoms with Crippen molar-refractivity contribution in [2.75, 3.05) is 5.73 Å². The van der Waals surface area contributed by atoms with Gasteiger partial charge in [0.2, 0.25) is 0 Å². The SMILES string of the molecule is Nc1nc(C2CCc3ccccc3C2)ncc1C(=O)O. The predicted octanol–water partition coefficient (Wildman–Crippen LogP) is 2.03. The maximum absolute atomic E-state index is 10.9. The molecule has 2 aromatic rings. The Morgan fingerprint density at radius 2 is 2.05 bits per heavy atom. The lowest BCUT2D eigenvalue weighted by Crippen LogP contribution is -2.17. The van der Waals surface area contributed by atoms with Crippen LogP contribution in [0.4, 0.5) is 5.82 Å². The van der Waals surface area contributed by atoms with Gasteiger partial charge in [-0.05, 0) is 30.4 Å². The van der Waals surface area contributed by atoms with E-state index in [0.717, 1.165) is 19.3 Å². The molecule has 3 rings (SSSR count). The zero-order valence-corrected chi connectivity index (χ0v) is 10.9. The van der Waals surface area contributed by atoms with E-state index in [9.17, 15) is 4.79 Å². The van der Waals surface area contributed by atoms with Crippen LogP contribution in [-0.2, 0) is 12.8 Å². The first-order valence-corrected chi connectivity index (χ1v) is 6.57. The number of nitrogen functional groups attached to an aromatic ring is 1. The Morgan fingerprint density at radius 1 is 1.30 bits per heavy atom. The molecular formula is C15H15N3O2. The van der Waals surface area contributed by atoms with Crippen LogP contribution in [0, 0.1) is 0 Å². The summed E-state index contributed by atoms with van der Waals surface area (Å²) in [5.41, 5.74) is 8.34. The van der Waals surface area contributed by atoms with Crippen molar-refractivity contribution in [3.05, 3.63) is 53.0 Å². The molecular weight excluding hydrogens is 254 g/mol. The van der Waals surface area contributed by atoms with Crippen LogP contribution in [-0.4, -0.2) is 21.0 Å². The first-order chi connectivity index (χ1) is 9.65. The van der Waals surface area contributed by atoms with Crippen molar-refractivity contribution < 1.29 is 9.90 Å². The molecule has 0 aliphatic heterocycles. The van der Waals surface area contributed by atoms with Crippen molar-refractivity contribution in [2.45, 2.75) is 25.2 Å². The molecule has 0 spiro atoms. The van der Waals surface area contributed by atoms with Crippen LogP contribution in [0.2, 0.25) is 0 Å². The second-order valence-electron chi connectivity index (χ2n) is 5.04. The first kappa shape index (κ1) is 12.6. The maximum atomic E-state index is 10.9. The van der Waals surface area contributed by atoms with Crippen molar-refractivity contribution in [3.63, 3.8) is 0 Å². The van der Waals surface area contributed by atoms with Crippen LogP contribution >= 0.6 is 0 Å². The number of anilines is 1. The number of aromatic carboxylic acids is 1. The van der Waals surface area contributed by atoms with Gasteiger partial charge >= 0.3 is 5.97 Å². The molecule has 20 heavy (non-hydrogen) atoms. The van der Waals surface area contributed by atoms with Gasteiger partial charge in [0.25, 0.3) is 0 Å². The fourth-order valence-corrected chi connectivity index (χ4v) is 2.69. The summed E-state index contributed by atoms with van der Waals surface area (Å²) in [6.45, 7) is 0. The topological polar surface area (TPSA) is 89.1 Å². The van der Waals surface area contributed by atoms with E-state index in [0.29, 0.717) is 5.82 Å². The van der Waals surface area contributed by atoms with E-state index in [1.165, 1.54) is 17.3 Å². The Kier molecular flexibility index (Phi) is 3.10. The van der Waals surface area contributed by atoms with Gasteiger partial charge in [-0.1, -0.05) is 24.3 Å². The third-order valence-electron chi connectivity index (χ3n) is 3.78. The van der Waals surface area contributed by atoms with E-state index in [1.54, 1.807) is 0 Å². The first-order valence-electron chi connectivity index (χ1n) is 6.57. The van der Waals surface area contributed by atoms with Crippen LogP contribution in [0.5, 0.6) is 0 Å². The summed E-state index contributed by atoms with van der Waals surface area (Å²) in [6.07, 6.45) is 4.14. The van der Waals surface area contributed by atoms with Crippen LogP contribution in [0.15, 0.2) is 30.5 Å². The van der Waals surface area contributed by atoms with Crippen molar-refractivity contribution >= 4 is 11.8 Å². The number of aromatic nitrogens is 2. The molecule has 1 heterocycles. The zero-order valence-electron chi connectivity index (χ0n) is 10.9. The molecule has 1 unspecified atom stereocenters. The molecule has 0 saturated heterocycles. The molecule has 1 aliphatic carbocycles. The summed E-state index contributed by atoms with van der Waals surface area (Å²) >= 11 is 0. The molecule has 0 saturated carbocycles. The highest BCUT2D eigenvalue weighted by atomic mass is 16.4. The van der Waals surface area contributed by atoms with Crippen molar-refractivity contribution in [2.24, 2.45) is 0 Å². The molecule has 0 amide bonds. The monoisotopic (exact) mass is 269 g/mol. The van der Waals surface area contributed by atoms with Gasteiger partial charge in [0.05, 0.1) is 0 Å². The lowest BCUT2D eigenvalue weighted by Gasteiger charge is -2.23. The predicted molar refractivity (Wildman–Crippen MR) is 74.6 cm³/mol. The molecule has 1 atom stereocenters. The summed E-state index contributed by atoms with van der Waals surface area (Å²) in [5, 5.41) is 8.94. The second kappa shape index (κ2) is 4.92. The van der Waals surface area contributed by atoms with Crippen LogP contribution in [0.3, 0.4) is 0 Å². The summed E-state index contributed by atoms with van der Waals surface area (Å²) in [6, 6.07) is 8.35. The Balaban J connectivity index is 1.88. The van der Waals surface area contributed by atoms with E-state index in [4.69, 9.17) is 10.8 Å². The number of carboxylic acid groups (broad SMARTS) is 1. The Labute approximate surface area is 116 Å². The highest BCUT2D eigenvalue weighted by molar-refractivity contribution is 5.92. The van der Waals surface area contributed by atoms with Crippen molar-refractivity contribution in [1.29, 1.82) is 0 Å². The standard InChI is InChI=1S/C15H15N3O2/c16-13-12(15(19)20)8-17-14(18-13)11-6-5-9-3-1-2-4-10(9)7-11/h1-4,8,11H,5-7H2,(H,19,20)(H2,16,17,18). The number of carboxylic acids is 1. The number of aryl methyl sites for hydroxylation is 1. The zero-order chi connectivity index (χ0) is 14.1. The summed E-state index contributed by atoms with van der Waals surface area (Å²) in [7, 11) is 0. The third kappa shape index (κ3) is 2.22. The molecule has 5 heteroatoms. The largest absolute Gasteiger partial charge is 0.477 e. The molecule has 5 nitrogen and oxygen atoms in total. The van der Waals surface area contributed by atoms with E-state index in [1.807, 2.05) is 6.07 Å². The molecule has 3 N–H and O–H groups in total. The molecule has 0 bridgehead atoms. The fourth-order valence-electron chi connectivity index (χ4n) is 2.69. The van der Waals surface area contributed by atoms with E-state index < -0.39 is 5.97 Å². The number of nitrogens with two attached hydrogens (primary N) is 1. The average molecular weight is 269 g/mol. The van der Waals surface area contributed by atoms with Gasteiger partial charge in [-0.15, -0.1) is 0 Å². The summed E-state index contributed by atoms with van der Waals surface area (Å²) < 4.78 is 0. The number of hydrogen-bond acceptors (Lipinski definition) is 4. The van der Waals surface area contributed by atoms with Crippen molar-refractivity contribution in [1.82, 2.24) is 9.97 Å². The number of fused-ring (bicyclic) bond motifs is 1. The molecule has 102 valence electrons. The minimum Gasteiger partial charge on any atom is -0.477 e. The molecule has 1 aliphatic rings. The average Bonchev–Trinajstić information content (AvgIpc) is 2.46. The van der Waals surface area contributed by atoms with E-state index in [2.05, 4.69) is 28.2 Å². The molecule has 0 fully saturated rings. The van der Waals surface area contributed by atoms with Gasteiger partial charge < -0.3 is 10.8 Å². The van der Waals surface area contributed by atoms with Gasteiger partial charge in [-0.2, -0.15) is 0 Å². The normalized spacial score (nSPS) is 17.5. The maximum Gasteiger partial charge on any atom is 0.341 e. The highest BCUT2D eigenvalue weighted by Gasteiger charge is 2.23. The lowest BCUT2D eigenvalue weighted by molar-refractivity contribution is 0.0697.